The summed E-state index contributed by atoms with van der Waals surface area (Å²) in [6.07, 6.45) is 0.111. The standard InChI is InChI=1S/C21H20F2N2O5/c1-13(19(27)24-16-5-2-3-6-17(16)30-21(22)23)29-20(28)14-8-10-15(11-9-14)25-12-4-7-18(25)26/h2-3,5-6,8-11,13,21H,4,7,12H2,1H3,(H,24,27). The Bertz CT molecular complexity index is 933. The van der Waals surface area contributed by atoms with Crippen molar-refractivity contribution in [2.24, 2.45) is 0 Å². The predicted octanol–water partition coefficient (Wildman–Crippen LogP) is 3.60. The summed E-state index contributed by atoms with van der Waals surface area (Å²) >= 11 is 0. The van der Waals surface area contributed by atoms with Gasteiger partial charge in [-0.15, -0.1) is 0 Å². The lowest BCUT2D eigenvalue weighted by molar-refractivity contribution is -0.123. The zero-order valence-corrected chi connectivity index (χ0v) is 16.1. The number of para-hydroxylation sites is 2. The quantitative estimate of drug-likeness (QED) is 0.695. The molecule has 0 spiro atoms. The van der Waals surface area contributed by atoms with E-state index >= 15 is 0 Å². The number of benzene rings is 2. The fourth-order valence-corrected chi connectivity index (χ4v) is 2.98. The first kappa shape index (κ1) is 21.2. The van der Waals surface area contributed by atoms with Gasteiger partial charge >= 0.3 is 12.6 Å². The Morgan fingerprint density at radius 3 is 2.43 bits per heavy atom. The average Bonchev–Trinajstić information content (AvgIpc) is 3.15. The SMILES string of the molecule is CC(OC(=O)c1ccc(N2CCCC2=O)cc1)C(=O)Nc1ccccc1OC(F)F. The molecule has 1 aliphatic heterocycles. The highest BCUT2D eigenvalue weighted by molar-refractivity contribution is 5.99. The molecule has 2 aromatic carbocycles. The molecule has 0 radical (unpaired) electrons. The number of carbonyl (C=O) groups is 3. The maximum Gasteiger partial charge on any atom is 0.387 e. The van der Waals surface area contributed by atoms with Crippen LogP contribution in [0.25, 0.3) is 0 Å². The molecule has 1 aliphatic rings. The molecule has 2 amide bonds. The molecule has 0 aromatic heterocycles. The van der Waals surface area contributed by atoms with E-state index in [2.05, 4.69) is 10.1 Å². The molecule has 9 heteroatoms. The minimum Gasteiger partial charge on any atom is -0.449 e. The molecule has 2 aromatic rings. The van der Waals surface area contributed by atoms with Crippen molar-refractivity contribution >= 4 is 29.2 Å². The number of hydrogen-bond acceptors (Lipinski definition) is 5. The van der Waals surface area contributed by atoms with Gasteiger partial charge in [-0.1, -0.05) is 12.1 Å². The molecular weight excluding hydrogens is 398 g/mol. The number of alkyl halides is 2. The number of ether oxygens (including phenoxy) is 2. The van der Waals surface area contributed by atoms with Gasteiger partial charge < -0.3 is 19.7 Å². The smallest absolute Gasteiger partial charge is 0.387 e. The van der Waals surface area contributed by atoms with E-state index in [1.165, 1.54) is 43.3 Å². The van der Waals surface area contributed by atoms with E-state index in [-0.39, 0.29) is 22.9 Å². The van der Waals surface area contributed by atoms with Gasteiger partial charge in [-0.25, -0.2) is 4.79 Å². The van der Waals surface area contributed by atoms with Gasteiger partial charge in [0.2, 0.25) is 5.91 Å². The van der Waals surface area contributed by atoms with Gasteiger partial charge in [0.25, 0.3) is 5.91 Å². The molecule has 3 rings (SSSR count). The number of halogens is 2. The van der Waals surface area contributed by atoms with Crippen LogP contribution in [-0.2, 0) is 14.3 Å². The fraction of sp³-hybridized carbons (Fsp3) is 0.286. The highest BCUT2D eigenvalue weighted by Gasteiger charge is 2.23. The largest absolute Gasteiger partial charge is 0.449 e. The summed E-state index contributed by atoms with van der Waals surface area (Å²) in [5.41, 5.74) is 0.937. The van der Waals surface area contributed by atoms with Gasteiger partial charge in [-0.3, -0.25) is 9.59 Å². The summed E-state index contributed by atoms with van der Waals surface area (Å²) in [5, 5.41) is 2.40. The Hall–Kier alpha value is -3.49. The third kappa shape index (κ3) is 5.11. The van der Waals surface area contributed by atoms with Crippen molar-refractivity contribution in [3.05, 3.63) is 54.1 Å². The summed E-state index contributed by atoms with van der Waals surface area (Å²) in [5.74, 6) is -1.60. The molecule has 1 fully saturated rings. The molecule has 1 atom stereocenters. The van der Waals surface area contributed by atoms with Crippen LogP contribution >= 0.6 is 0 Å². The van der Waals surface area contributed by atoms with E-state index in [1.807, 2.05) is 0 Å². The number of hydrogen-bond donors (Lipinski definition) is 1. The molecule has 30 heavy (non-hydrogen) atoms. The van der Waals surface area contributed by atoms with Crippen LogP contribution in [-0.4, -0.2) is 37.0 Å². The molecule has 1 N–H and O–H groups in total. The number of rotatable bonds is 7. The number of esters is 1. The zero-order valence-electron chi connectivity index (χ0n) is 16.1. The van der Waals surface area contributed by atoms with Crippen LogP contribution < -0.4 is 15.0 Å². The highest BCUT2D eigenvalue weighted by atomic mass is 19.3. The molecule has 1 unspecified atom stereocenters. The van der Waals surface area contributed by atoms with Crippen molar-refractivity contribution in [1.82, 2.24) is 0 Å². The number of anilines is 2. The molecule has 0 saturated carbocycles. The first-order chi connectivity index (χ1) is 14.3. The van der Waals surface area contributed by atoms with Gasteiger partial charge in [-0.2, -0.15) is 8.78 Å². The minimum atomic E-state index is -3.04. The van der Waals surface area contributed by atoms with E-state index in [1.54, 1.807) is 17.0 Å². The van der Waals surface area contributed by atoms with Crippen LogP contribution in [0.4, 0.5) is 20.2 Å². The van der Waals surface area contributed by atoms with Crippen molar-refractivity contribution in [2.75, 3.05) is 16.8 Å². The van der Waals surface area contributed by atoms with Crippen molar-refractivity contribution in [3.8, 4) is 5.75 Å². The summed E-state index contributed by atoms with van der Waals surface area (Å²) in [7, 11) is 0. The summed E-state index contributed by atoms with van der Waals surface area (Å²) in [6, 6.07) is 12.0. The third-order valence-electron chi connectivity index (χ3n) is 4.50. The number of nitrogens with one attached hydrogen (secondary N) is 1. The number of amides is 2. The molecule has 158 valence electrons. The lowest BCUT2D eigenvalue weighted by atomic mass is 10.2. The Balaban J connectivity index is 1.60. The van der Waals surface area contributed by atoms with Crippen molar-refractivity contribution in [3.63, 3.8) is 0 Å². The van der Waals surface area contributed by atoms with Crippen LogP contribution in [0.15, 0.2) is 48.5 Å². The van der Waals surface area contributed by atoms with Crippen molar-refractivity contribution in [1.29, 1.82) is 0 Å². The van der Waals surface area contributed by atoms with Crippen LogP contribution in [0.1, 0.15) is 30.1 Å². The van der Waals surface area contributed by atoms with E-state index in [0.29, 0.717) is 18.7 Å². The van der Waals surface area contributed by atoms with Crippen LogP contribution in [0.2, 0.25) is 0 Å². The lowest BCUT2D eigenvalue weighted by Crippen LogP contribution is -2.30. The number of nitrogens with zero attached hydrogens (tertiary/aromatic N) is 1. The topological polar surface area (TPSA) is 84.9 Å². The van der Waals surface area contributed by atoms with Crippen molar-refractivity contribution in [2.45, 2.75) is 32.5 Å². The first-order valence-electron chi connectivity index (χ1n) is 9.31. The van der Waals surface area contributed by atoms with E-state index in [0.717, 1.165) is 6.42 Å². The second kappa shape index (κ2) is 9.34. The minimum absolute atomic E-state index is 0.0327. The maximum absolute atomic E-state index is 12.5. The highest BCUT2D eigenvalue weighted by Crippen LogP contribution is 2.26. The van der Waals surface area contributed by atoms with Gasteiger partial charge in [0, 0.05) is 18.7 Å². The first-order valence-corrected chi connectivity index (χ1v) is 9.31. The molecule has 0 aliphatic carbocycles. The van der Waals surface area contributed by atoms with Crippen LogP contribution in [0.3, 0.4) is 0 Å². The molecular formula is C21H20F2N2O5. The Morgan fingerprint density at radius 1 is 1.10 bits per heavy atom. The van der Waals surface area contributed by atoms with Gasteiger partial charge in [0.15, 0.2) is 6.10 Å². The monoisotopic (exact) mass is 418 g/mol. The third-order valence-corrected chi connectivity index (χ3v) is 4.50. The van der Waals surface area contributed by atoms with Crippen molar-refractivity contribution < 1.29 is 32.6 Å². The summed E-state index contributed by atoms with van der Waals surface area (Å²) in [6.45, 7) is -1.05. The molecule has 7 nitrogen and oxygen atoms in total. The van der Waals surface area contributed by atoms with Crippen LogP contribution in [0, 0.1) is 0 Å². The predicted molar refractivity (Wildman–Crippen MR) is 105 cm³/mol. The van der Waals surface area contributed by atoms with Gasteiger partial charge in [0.05, 0.1) is 11.3 Å². The second-order valence-corrected chi connectivity index (χ2v) is 6.61. The Morgan fingerprint density at radius 2 is 1.80 bits per heavy atom. The normalized spacial score (nSPS) is 14.5. The van der Waals surface area contributed by atoms with E-state index in [9.17, 15) is 23.2 Å². The van der Waals surface area contributed by atoms with E-state index in [4.69, 9.17) is 4.74 Å². The zero-order chi connectivity index (χ0) is 21.7. The fourth-order valence-electron chi connectivity index (χ4n) is 2.98. The molecule has 1 heterocycles. The molecule has 0 bridgehead atoms. The average molecular weight is 418 g/mol. The van der Waals surface area contributed by atoms with Crippen LogP contribution in [0.5, 0.6) is 5.75 Å². The maximum atomic E-state index is 12.5. The summed E-state index contributed by atoms with van der Waals surface area (Å²) < 4.78 is 34.5. The lowest BCUT2D eigenvalue weighted by Gasteiger charge is -2.17. The summed E-state index contributed by atoms with van der Waals surface area (Å²) in [4.78, 5) is 38.0. The Kier molecular flexibility index (Phi) is 6.61. The molecule has 1 saturated heterocycles. The Labute approximate surface area is 171 Å². The van der Waals surface area contributed by atoms with E-state index < -0.39 is 24.6 Å². The second-order valence-electron chi connectivity index (χ2n) is 6.61. The van der Waals surface area contributed by atoms with Gasteiger partial charge in [-0.05, 0) is 49.7 Å². The number of carbonyl (C=O) groups excluding carboxylic acids is 3. The van der Waals surface area contributed by atoms with Gasteiger partial charge in [0.1, 0.15) is 5.75 Å².